The smallest absolute Gasteiger partial charge is 0.0102 e. The lowest BCUT2D eigenvalue weighted by molar-refractivity contribution is 0.855. The lowest BCUT2D eigenvalue weighted by Crippen LogP contribution is -1.94. The van der Waals surface area contributed by atoms with E-state index in [1.54, 1.807) is 0 Å². The minimum Gasteiger partial charge on any atom is -0.0900 e. The summed E-state index contributed by atoms with van der Waals surface area (Å²) in [5, 5.41) is 0. The summed E-state index contributed by atoms with van der Waals surface area (Å²) in [6, 6.07) is 8.70. The predicted molar refractivity (Wildman–Crippen MR) is 67.0 cm³/mol. The van der Waals surface area contributed by atoms with Crippen LogP contribution < -0.4 is 0 Å². The summed E-state index contributed by atoms with van der Waals surface area (Å²) in [5.41, 5.74) is 2.97. The molecule has 0 heterocycles. The molecule has 0 radical (unpaired) electrons. The summed E-state index contributed by atoms with van der Waals surface area (Å²) >= 11 is 5.07. The van der Waals surface area contributed by atoms with Gasteiger partial charge in [-0.3, -0.25) is 0 Å². The molecule has 0 aromatic heterocycles. The summed E-state index contributed by atoms with van der Waals surface area (Å²) in [7, 11) is 0. The van der Waals surface area contributed by atoms with Gasteiger partial charge in [0.1, 0.15) is 0 Å². The van der Waals surface area contributed by atoms with Crippen LogP contribution >= 0.6 is 12.2 Å². The predicted octanol–water partition coefficient (Wildman–Crippen LogP) is 3.96. The van der Waals surface area contributed by atoms with Crippen molar-refractivity contribution in [1.29, 1.82) is 0 Å². The van der Waals surface area contributed by atoms with Crippen molar-refractivity contribution < 1.29 is 0 Å². The Labute approximate surface area is 92.3 Å². The van der Waals surface area contributed by atoms with Crippen LogP contribution in [-0.2, 0) is 12.8 Å². The van der Waals surface area contributed by atoms with E-state index < -0.39 is 0 Å². The molecule has 0 atom stereocenters. The second kappa shape index (κ2) is 5.92. The Kier molecular flexibility index (Phi) is 4.81. The van der Waals surface area contributed by atoms with Gasteiger partial charge in [0, 0.05) is 0 Å². The van der Waals surface area contributed by atoms with Gasteiger partial charge in [0.15, 0.2) is 0 Å². The van der Waals surface area contributed by atoms with Gasteiger partial charge in [-0.2, -0.15) is 0 Å². The van der Waals surface area contributed by atoms with Crippen LogP contribution in [0.3, 0.4) is 0 Å². The molecule has 1 rings (SSSR count). The molecule has 0 bridgehead atoms. The van der Waals surface area contributed by atoms with E-state index in [-0.39, 0.29) is 0 Å². The fourth-order valence-corrected chi connectivity index (χ4v) is 1.82. The Morgan fingerprint density at radius 2 is 1.86 bits per heavy atom. The van der Waals surface area contributed by atoms with Gasteiger partial charge in [-0.1, -0.05) is 43.4 Å². The Bertz CT molecular complexity index is 302. The van der Waals surface area contributed by atoms with Crippen molar-refractivity contribution in [2.45, 2.75) is 39.5 Å². The number of benzene rings is 1. The van der Waals surface area contributed by atoms with E-state index in [2.05, 4.69) is 31.2 Å². The molecule has 1 heteroatoms. The number of rotatable bonds is 5. The first-order chi connectivity index (χ1) is 6.74. The van der Waals surface area contributed by atoms with E-state index in [1.165, 1.54) is 17.5 Å². The highest BCUT2D eigenvalue weighted by molar-refractivity contribution is 7.80. The Hall–Kier alpha value is -0.690. The third kappa shape index (κ3) is 3.59. The van der Waals surface area contributed by atoms with Gasteiger partial charge in [0.2, 0.25) is 0 Å². The largest absolute Gasteiger partial charge is 0.0900 e. The third-order valence-electron chi connectivity index (χ3n) is 2.47. The quantitative estimate of drug-likeness (QED) is 0.657. The van der Waals surface area contributed by atoms with Gasteiger partial charge < -0.3 is 0 Å². The third-order valence-corrected chi connectivity index (χ3v) is 2.68. The maximum atomic E-state index is 5.07. The topological polar surface area (TPSA) is 0 Å². The number of hydrogen-bond acceptors (Lipinski definition) is 1. The molecule has 0 nitrogen and oxygen atoms in total. The van der Waals surface area contributed by atoms with Gasteiger partial charge in [0.05, 0.1) is 0 Å². The average Bonchev–Trinajstić information content (AvgIpc) is 2.18. The fourth-order valence-electron chi connectivity index (χ4n) is 1.67. The average molecular weight is 206 g/mol. The molecule has 1 aromatic carbocycles. The van der Waals surface area contributed by atoms with Crippen molar-refractivity contribution >= 4 is 17.1 Å². The Morgan fingerprint density at radius 3 is 2.43 bits per heavy atom. The maximum Gasteiger partial charge on any atom is -0.0102 e. The molecule has 0 unspecified atom stereocenters. The van der Waals surface area contributed by atoms with Gasteiger partial charge in [-0.25, -0.2) is 0 Å². The van der Waals surface area contributed by atoms with E-state index in [1.807, 2.05) is 6.92 Å². The Balaban J connectivity index is 2.53. The Morgan fingerprint density at radius 1 is 1.21 bits per heavy atom. The van der Waals surface area contributed by atoms with Crippen molar-refractivity contribution in [3.63, 3.8) is 0 Å². The van der Waals surface area contributed by atoms with E-state index >= 15 is 0 Å². The molecule has 0 amide bonds. The highest BCUT2D eigenvalue weighted by Gasteiger charge is 1.99. The molecule has 0 aliphatic carbocycles. The first-order valence-electron chi connectivity index (χ1n) is 5.30. The number of thiocarbonyl (C=S) groups is 1. The second-order valence-corrected chi connectivity index (χ2v) is 4.37. The van der Waals surface area contributed by atoms with E-state index in [0.717, 1.165) is 24.1 Å². The summed E-state index contributed by atoms with van der Waals surface area (Å²) in [5.74, 6) is 0. The number of hydrogen-bond donors (Lipinski definition) is 0. The van der Waals surface area contributed by atoms with Gasteiger partial charge in [-0.05, 0) is 48.6 Å². The molecule has 0 aliphatic rings. The molecule has 0 aliphatic heterocycles. The van der Waals surface area contributed by atoms with Crippen LogP contribution in [0.5, 0.6) is 0 Å². The molecule has 0 saturated carbocycles. The van der Waals surface area contributed by atoms with Crippen LogP contribution in [0, 0.1) is 0 Å². The summed E-state index contributed by atoms with van der Waals surface area (Å²) in [6.45, 7) is 4.24. The molecule has 76 valence electrons. The zero-order valence-corrected chi connectivity index (χ0v) is 9.86. The summed E-state index contributed by atoms with van der Waals surface area (Å²) in [4.78, 5) is 1.12. The SMILES string of the molecule is CCc1ccccc1CCCC(C)=S. The monoisotopic (exact) mass is 206 g/mol. The zero-order chi connectivity index (χ0) is 10.4. The minimum absolute atomic E-state index is 1.08. The fraction of sp³-hybridized carbons (Fsp3) is 0.462. The van der Waals surface area contributed by atoms with E-state index in [0.29, 0.717) is 0 Å². The van der Waals surface area contributed by atoms with Crippen LogP contribution in [-0.4, -0.2) is 4.86 Å². The molecule has 0 fully saturated rings. The van der Waals surface area contributed by atoms with Crippen LogP contribution in [0.1, 0.15) is 37.8 Å². The van der Waals surface area contributed by atoms with Gasteiger partial charge >= 0.3 is 0 Å². The van der Waals surface area contributed by atoms with Crippen LogP contribution in [0.2, 0.25) is 0 Å². The lowest BCUT2D eigenvalue weighted by atomic mass is 10.00. The van der Waals surface area contributed by atoms with Crippen LogP contribution in [0.4, 0.5) is 0 Å². The maximum absolute atomic E-state index is 5.07. The molecule has 14 heavy (non-hydrogen) atoms. The first kappa shape index (κ1) is 11.4. The van der Waals surface area contributed by atoms with Crippen LogP contribution in [0.25, 0.3) is 0 Å². The zero-order valence-electron chi connectivity index (χ0n) is 9.05. The van der Waals surface area contributed by atoms with Crippen molar-refractivity contribution in [3.05, 3.63) is 35.4 Å². The highest BCUT2D eigenvalue weighted by atomic mass is 32.1. The molecule has 0 N–H and O–H groups in total. The van der Waals surface area contributed by atoms with Crippen molar-refractivity contribution in [2.24, 2.45) is 0 Å². The summed E-state index contributed by atoms with van der Waals surface area (Å²) in [6.07, 6.45) is 4.56. The van der Waals surface area contributed by atoms with Crippen molar-refractivity contribution in [3.8, 4) is 0 Å². The minimum atomic E-state index is 1.08. The van der Waals surface area contributed by atoms with E-state index in [4.69, 9.17) is 12.2 Å². The molecule has 1 aromatic rings. The van der Waals surface area contributed by atoms with Gasteiger partial charge in [-0.15, -0.1) is 0 Å². The molecular formula is C13H18S. The first-order valence-corrected chi connectivity index (χ1v) is 5.71. The molecule has 0 saturated heterocycles. The second-order valence-electron chi connectivity index (χ2n) is 3.68. The molecule has 0 spiro atoms. The highest BCUT2D eigenvalue weighted by Crippen LogP contribution is 2.12. The standard InChI is InChI=1S/C13H18S/c1-3-12-8-4-5-9-13(12)10-6-7-11(2)14/h4-5,8-9H,3,6-7,10H2,1-2H3. The van der Waals surface area contributed by atoms with Crippen molar-refractivity contribution in [1.82, 2.24) is 0 Å². The normalized spacial score (nSPS) is 10.1. The molecular weight excluding hydrogens is 188 g/mol. The van der Waals surface area contributed by atoms with Gasteiger partial charge in [0.25, 0.3) is 0 Å². The van der Waals surface area contributed by atoms with Crippen LogP contribution in [0.15, 0.2) is 24.3 Å². The number of aryl methyl sites for hydroxylation is 2. The van der Waals surface area contributed by atoms with Crippen molar-refractivity contribution in [2.75, 3.05) is 0 Å². The van der Waals surface area contributed by atoms with E-state index in [9.17, 15) is 0 Å². The lowest BCUT2D eigenvalue weighted by Gasteiger charge is -2.06. The summed E-state index contributed by atoms with van der Waals surface area (Å²) < 4.78 is 0.